The highest BCUT2D eigenvalue weighted by molar-refractivity contribution is 5.29. The van der Waals surface area contributed by atoms with Gasteiger partial charge in [0.15, 0.2) is 0 Å². The molecule has 0 saturated heterocycles. The van der Waals surface area contributed by atoms with Gasteiger partial charge < -0.3 is 9.88 Å². The first-order valence-electron chi connectivity index (χ1n) is 7.02. The molecule has 0 fully saturated rings. The Bertz CT molecular complexity index is 317. The smallest absolute Gasteiger partial charge is 0.203 e. The fraction of sp³-hybridized carbons (Fsp3) is 0.786. The van der Waals surface area contributed by atoms with Gasteiger partial charge in [0.05, 0.1) is 5.69 Å². The lowest BCUT2D eigenvalue weighted by atomic mass is 10.1. The quantitative estimate of drug-likeness (QED) is 0.688. The van der Waals surface area contributed by atoms with Gasteiger partial charge >= 0.3 is 0 Å². The van der Waals surface area contributed by atoms with E-state index in [0.717, 1.165) is 18.2 Å². The Morgan fingerprint density at radius 2 is 2.06 bits per heavy atom. The molecular weight excluding hydrogens is 210 g/mol. The summed E-state index contributed by atoms with van der Waals surface area (Å²) >= 11 is 0. The van der Waals surface area contributed by atoms with Crippen LogP contribution in [0.3, 0.4) is 0 Å². The van der Waals surface area contributed by atoms with E-state index in [9.17, 15) is 0 Å². The van der Waals surface area contributed by atoms with Crippen LogP contribution < -0.4 is 5.32 Å². The van der Waals surface area contributed by atoms with E-state index in [2.05, 4.69) is 48.8 Å². The Labute approximate surface area is 106 Å². The van der Waals surface area contributed by atoms with E-state index >= 15 is 0 Å². The molecule has 1 aromatic rings. The fourth-order valence-corrected chi connectivity index (χ4v) is 2.18. The van der Waals surface area contributed by atoms with Crippen molar-refractivity contribution < 1.29 is 0 Å². The molecule has 1 rings (SSSR count). The molecule has 17 heavy (non-hydrogen) atoms. The first-order valence-corrected chi connectivity index (χ1v) is 7.02. The average Bonchev–Trinajstić information content (AvgIpc) is 2.68. The van der Waals surface area contributed by atoms with Crippen LogP contribution in [0.4, 0.5) is 5.95 Å². The Morgan fingerprint density at radius 3 is 2.65 bits per heavy atom. The molecule has 98 valence electrons. The number of hydrogen-bond donors (Lipinski definition) is 1. The molecule has 0 amide bonds. The number of aromatic nitrogens is 2. The summed E-state index contributed by atoms with van der Waals surface area (Å²) in [5, 5.41) is 3.46. The van der Waals surface area contributed by atoms with Crippen LogP contribution in [0.25, 0.3) is 0 Å². The number of nitrogens with one attached hydrogen (secondary N) is 1. The molecule has 1 N–H and O–H groups in total. The molecule has 0 spiro atoms. The van der Waals surface area contributed by atoms with Crippen LogP contribution in [0.1, 0.15) is 64.6 Å². The van der Waals surface area contributed by atoms with Crippen molar-refractivity contribution in [1.82, 2.24) is 9.55 Å². The second-order valence-corrected chi connectivity index (χ2v) is 4.74. The highest BCUT2D eigenvalue weighted by Gasteiger charge is 2.13. The molecule has 0 bridgehead atoms. The second kappa shape index (κ2) is 7.36. The fourth-order valence-electron chi connectivity index (χ4n) is 2.18. The molecule has 3 heteroatoms. The van der Waals surface area contributed by atoms with Crippen molar-refractivity contribution in [1.29, 1.82) is 0 Å². The lowest BCUT2D eigenvalue weighted by molar-refractivity contribution is 0.451. The van der Waals surface area contributed by atoms with E-state index in [1.54, 1.807) is 0 Å². The van der Waals surface area contributed by atoms with E-state index < -0.39 is 0 Å². The molecule has 0 aromatic carbocycles. The summed E-state index contributed by atoms with van der Waals surface area (Å²) in [5.41, 5.74) is 1.11. The van der Waals surface area contributed by atoms with Gasteiger partial charge in [-0.25, -0.2) is 4.98 Å². The van der Waals surface area contributed by atoms with Gasteiger partial charge in [-0.3, -0.25) is 0 Å². The van der Waals surface area contributed by atoms with Gasteiger partial charge in [0.25, 0.3) is 0 Å². The molecule has 1 atom stereocenters. The molecule has 1 aromatic heterocycles. The SMILES string of the molecule is CCCCNc1nc(C)cn1C(CC)CCC. The summed E-state index contributed by atoms with van der Waals surface area (Å²) in [7, 11) is 0. The number of hydrogen-bond acceptors (Lipinski definition) is 2. The molecule has 3 nitrogen and oxygen atoms in total. The third-order valence-electron chi connectivity index (χ3n) is 3.15. The number of anilines is 1. The van der Waals surface area contributed by atoms with Crippen LogP contribution in [0.2, 0.25) is 0 Å². The minimum atomic E-state index is 0.588. The summed E-state index contributed by atoms with van der Waals surface area (Å²) in [4.78, 5) is 4.59. The van der Waals surface area contributed by atoms with E-state index in [1.807, 2.05) is 0 Å². The van der Waals surface area contributed by atoms with Gasteiger partial charge in [-0.05, 0) is 26.2 Å². The summed E-state index contributed by atoms with van der Waals surface area (Å²) in [6, 6.07) is 0.588. The van der Waals surface area contributed by atoms with Crippen molar-refractivity contribution in [2.45, 2.75) is 65.8 Å². The van der Waals surface area contributed by atoms with Crippen molar-refractivity contribution in [2.75, 3.05) is 11.9 Å². The van der Waals surface area contributed by atoms with Crippen molar-refractivity contribution in [3.8, 4) is 0 Å². The van der Waals surface area contributed by atoms with Gasteiger partial charge in [0, 0.05) is 18.8 Å². The highest BCUT2D eigenvalue weighted by atomic mass is 15.2. The maximum Gasteiger partial charge on any atom is 0.203 e. The van der Waals surface area contributed by atoms with E-state index in [-0.39, 0.29) is 0 Å². The van der Waals surface area contributed by atoms with Crippen LogP contribution >= 0.6 is 0 Å². The predicted molar refractivity (Wildman–Crippen MR) is 74.6 cm³/mol. The van der Waals surface area contributed by atoms with Crippen molar-refractivity contribution in [3.63, 3.8) is 0 Å². The lowest BCUT2D eigenvalue weighted by Gasteiger charge is -2.19. The molecule has 0 aliphatic heterocycles. The second-order valence-electron chi connectivity index (χ2n) is 4.74. The lowest BCUT2D eigenvalue weighted by Crippen LogP contribution is -2.13. The molecule has 0 radical (unpaired) electrons. The molecule has 0 saturated carbocycles. The van der Waals surface area contributed by atoms with Crippen LogP contribution in [-0.2, 0) is 0 Å². The standard InChI is InChI=1S/C14H27N3/c1-5-8-10-15-14-16-12(4)11-17(14)13(7-3)9-6-2/h11,13H,5-10H2,1-4H3,(H,15,16). The number of rotatable bonds is 8. The zero-order valence-corrected chi connectivity index (χ0v) is 11.8. The van der Waals surface area contributed by atoms with Crippen LogP contribution in [-0.4, -0.2) is 16.1 Å². The first-order chi connectivity index (χ1) is 8.22. The Morgan fingerprint density at radius 1 is 1.29 bits per heavy atom. The molecule has 1 heterocycles. The van der Waals surface area contributed by atoms with Gasteiger partial charge in [0.1, 0.15) is 0 Å². The largest absolute Gasteiger partial charge is 0.356 e. The maximum atomic E-state index is 4.59. The Kier molecular flexibility index (Phi) is 6.09. The maximum absolute atomic E-state index is 4.59. The third-order valence-corrected chi connectivity index (χ3v) is 3.15. The Hall–Kier alpha value is -0.990. The zero-order chi connectivity index (χ0) is 12.7. The summed E-state index contributed by atoms with van der Waals surface area (Å²) in [6.45, 7) is 9.81. The van der Waals surface area contributed by atoms with E-state index in [1.165, 1.54) is 32.1 Å². The molecule has 0 aliphatic carbocycles. The normalized spacial score (nSPS) is 12.7. The topological polar surface area (TPSA) is 29.9 Å². The van der Waals surface area contributed by atoms with Gasteiger partial charge in [-0.15, -0.1) is 0 Å². The predicted octanol–water partition coefficient (Wildman–Crippen LogP) is 4.15. The van der Waals surface area contributed by atoms with Crippen LogP contribution in [0, 0.1) is 6.92 Å². The van der Waals surface area contributed by atoms with Crippen molar-refractivity contribution >= 4 is 5.95 Å². The molecule has 1 unspecified atom stereocenters. The van der Waals surface area contributed by atoms with Crippen molar-refractivity contribution in [3.05, 3.63) is 11.9 Å². The number of aryl methyl sites for hydroxylation is 1. The Balaban J connectivity index is 2.74. The number of unbranched alkanes of at least 4 members (excludes halogenated alkanes) is 1. The summed E-state index contributed by atoms with van der Waals surface area (Å²) < 4.78 is 2.33. The summed E-state index contributed by atoms with van der Waals surface area (Å²) in [5.74, 6) is 1.05. The number of nitrogens with zero attached hydrogens (tertiary/aromatic N) is 2. The highest BCUT2D eigenvalue weighted by Crippen LogP contribution is 2.23. The molecular formula is C14H27N3. The zero-order valence-electron chi connectivity index (χ0n) is 11.8. The van der Waals surface area contributed by atoms with E-state index in [4.69, 9.17) is 0 Å². The van der Waals surface area contributed by atoms with Gasteiger partial charge in [0.2, 0.25) is 5.95 Å². The third kappa shape index (κ3) is 4.06. The van der Waals surface area contributed by atoms with Crippen LogP contribution in [0.15, 0.2) is 6.20 Å². The first kappa shape index (κ1) is 14.1. The number of imidazole rings is 1. The molecule has 0 aliphatic rings. The minimum Gasteiger partial charge on any atom is -0.356 e. The van der Waals surface area contributed by atoms with Crippen molar-refractivity contribution in [2.24, 2.45) is 0 Å². The van der Waals surface area contributed by atoms with Gasteiger partial charge in [-0.1, -0.05) is 33.6 Å². The van der Waals surface area contributed by atoms with E-state index in [0.29, 0.717) is 6.04 Å². The average molecular weight is 237 g/mol. The van der Waals surface area contributed by atoms with Gasteiger partial charge in [-0.2, -0.15) is 0 Å². The minimum absolute atomic E-state index is 0.588. The van der Waals surface area contributed by atoms with Crippen LogP contribution in [0.5, 0.6) is 0 Å². The monoisotopic (exact) mass is 237 g/mol. The summed E-state index contributed by atoms with van der Waals surface area (Å²) in [6.07, 6.45) is 8.23.